The number of methoxy groups -OCH3 is 1. The van der Waals surface area contributed by atoms with E-state index in [1.54, 1.807) is 13.2 Å². The number of hydrogen-bond acceptors (Lipinski definition) is 10. The van der Waals surface area contributed by atoms with Crippen LogP contribution in [-0.4, -0.2) is 85.3 Å². The smallest absolute Gasteiger partial charge is 0.222 e. The highest BCUT2D eigenvalue weighted by molar-refractivity contribution is 5.89. The lowest BCUT2D eigenvalue weighted by Crippen LogP contribution is -2.43. The Morgan fingerprint density at radius 2 is 1.93 bits per heavy atom. The first-order chi connectivity index (χ1) is 19.4. The third-order valence-corrected chi connectivity index (χ3v) is 7.99. The van der Waals surface area contributed by atoms with Crippen LogP contribution in [0.5, 0.6) is 5.75 Å². The highest BCUT2D eigenvalue weighted by Gasteiger charge is 2.28. The molecule has 0 unspecified atom stereocenters. The number of halogens is 1. The number of anilines is 3. The molecule has 40 heavy (non-hydrogen) atoms. The number of likely N-dealkylation sites (tertiary alicyclic amines) is 1. The standard InChI is InChI=1S/C29H44FN7O3/c1-3-4-9-37(12-13-38)28-27(31)25(34-29(32)35-28)19-33-18-23-24(30)16-21(17-26(23)39-2)20-5-10-36(11-6-20)22-7-14-40-15-8-22/h16-17,19-20,22,38H,3-15,18,31H2,1-2H3,(H2,32,34,35). The van der Waals surface area contributed by atoms with Gasteiger partial charge in [-0.15, -0.1) is 0 Å². The summed E-state index contributed by atoms with van der Waals surface area (Å²) in [5, 5.41) is 9.50. The molecule has 2 aliphatic rings. The second-order valence-electron chi connectivity index (χ2n) is 10.6. The number of aliphatic hydroxyl groups excluding tert-OH is 1. The molecule has 0 bridgehead atoms. The van der Waals surface area contributed by atoms with Gasteiger partial charge in [0, 0.05) is 38.6 Å². The summed E-state index contributed by atoms with van der Waals surface area (Å²) < 4.78 is 26.5. The molecular weight excluding hydrogens is 513 g/mol. The third kappa shape index (κ3) is 7.38. The van der Waals surface area contributed by atoms with Gasteiger partial charge in [-0.05, 0) is 68.8 Å². The van der Waals surface area contributed by atoms with Crippen molar-refractivity contribution < 1.29 is 19.0 Å². The first kappa shape index (κ1) is 30.0. The normalized spacial score (nSPS) is 17.5. The van der Waals surface area contributed by atoms with E-state index in [0.29, 0.717) is 53.6 Å². The van der Waals surface area contributed by atoms with E-state index in [9.17, 15) is 5.11 Å². The number of rotatable bonds is 12. The van der Waals surface area contributed by atoms with Crippen molar-refractivity contribution in [2.75, 3.05) is 69.5 Å². The quantitative estimate of drug-likeness (QED) is 0.336. The van der Waals surface area contributed by atoms with Crippen LogP contribution in [-0.2, 0) is 11.3 Å². The van der Waals surface area contributed by atoms with Crippen LogP contribution >= 0.6 is 0 Å². The predicted molar refractivity (Wildman–Crippen MR) is 157 cm³/mol. The fraction of sp³-hybridized carbons (Fsp3) is 0.621. The maximum atomic E-state index is 15.4. The Balaban J connectivity index is 1.46. The molecule has 5 N–H and O–H groups in total. The summed E-state index contributed by atoms with van der Waals surface area (Å²) in [6.45, 7) is 6.89. The zero-order valence-electron chi connectivity index (χ0n) is 23.8. The molecule has 2 aliphatic heterocycles. The largest absolute Gasteiger partial charge is 0.496 e. The van der Waals surface area contributed by atoms with Gasteiger partial charge in [0.2, 0.25) is 5.95 Å². The minimum Gasteiger partial charge on any atom is -0.496 e. The topological polar surface area (TPSA) is 135 Å². The molecule has 4 rings (SSSR count). The number of aromatic nitrogens is 2. The number of aliphatic imine (C=N–C) groups is 1. The number of benzene rings is 1. The Hall–Kier alpha value is -3.02. The van der Waals surface area contributed by atoms with Gasteiger partial charge in [0.05, 0.1) is 25.8 Å². The van der Waals surface area contributed by atoms with Crippen LogP contribution in [0.25, 0.3) is 0 Å². The number of ether oxygens (including phenoxy) is 2. The van der Waals surface area contributed by atoms with Crippen LogP contribution in [0.2, 0.25) is 0 Å². The van der Waals surface area contributed by atoms with Crippen LogP contribution < -0.4 is 21.1 Å². The summed E-state index contributed by atoms with van der Waals surface area (Å²) in [5.41, 5.74) is 14.4. The highest BCUT2D eigenvalue weighted by Crippen LogP contribution is 2.35. The highest BCUT2D eigenvalue weighted by atomic mass is 19.1. The second-order valence-corrected chi connectivity index (χ2v) is 10.6. The molecule has 1 aromatic carbocycles. The minimum atomic E-state index is -0.331. The Morgan fingerprint density at radius 1 is 1.18 bits per heavy atom. The molecule has 0 spiro atoms. The van der Waals surface area contributed by atoms with Crippen LogP contribution in [0.1, 0.15) is 68.2 Å². The number of aliphatic hydroxyl groups is 1. The lowest BCUT2D eigenvalue weighted by Gasteiger charge is -2.39. The van der Waals surface area contributed by atoms with Crippen LogP contribution in [0.15, 0.2) is 17.1 Å². The van der Waals surface area contributed by atoms with Gasteiger partial charge in [-0.3, -0.25) is 4.99 Å². The fourth-order valence-electron chi connectivity index (χ4n) is 5.70. The van der Waals surface area contributed by atoms with Crippen molar-refractivity contribution in [2.24, 2.45) is 4.99 Å². The summed E-state index contributed by atoms with van der Waals surface area (Å²) in [5.74, 6) is 0.980. The van der Waals surface area contributed by atoms with E-state index in [1.807, 2.05) is 11.0 Å². The van der Waals surface area contributed by atoms with Gasteiger partial charge < -0.3 is 35.8 Å². The van der Waals surface area contributed by atoms with Crippen molar-refractivity contribution in [1.29, 1.82) is 0 Å². The van der Waals surface area contributed by atoms with Crippen molar-refractivity contribution in [3.05, 3.63) is 34.8 Å². The monoisotopic (exact) mass is 557 g/mol. The van der Waals surface area contributed by atoms with Crippen LogP contribution in [0.4, 0.5) is 21.8 Å². The van der Waals surface area contributed by atoms with Crippen molar-refractivity contribution in [2.45, 2.75) is 64.0 Å². The van der Waals surface area contributed by atoms with E-state index in [1.165, 1.54) is 6.21 Å². The zero-order valence-corrected chi connectivity index (χ0v) is 23.8. The summed E-state index contributed by atoms with van der Waals surface area (Å²) in [7, 11) is 1.56. The lowest BCUT2D eigenvalue weighted by molar-refractivity contribution is 0.0251. The number of nitrogens with zero attached hydrogens (tertiary/aromatic N) is 5. The van der Waals surface area contributed by atoms with Gasteiger partial charge in [-0.1, -0.05) is 13.3 Å². The summed E-state index contributed by atoms with van der Waals surface area (Å²) >= 11 is 0. The second kappa shape index (κ2) is 14.6. The molecule has 2 fully saturated rings. The molecule has 0 atom stereocenters. The van der Waals surface area contributed by atoms with E-state index in [2.05, 4.69) is 26.8 Å². The number of unbranched alkanes of at least 4 members (excludes halogenated alkanes) is 1. The zero-order chi connectivity index (χ0) is 28.5. The predicted octanol–water partition coefficient (Wildman–Crippen LogP) is 3.37. The van der Waals surface area contributed by atoms with E-state index >= 15 is 4.39 Å². The molecule has 3 heterocycles. The molecule has 10 nitrogen and oxygen atoms in total. The molecule has 0 saturated carbocycles. The average Bonchev–Trinajstić information content (AvgIpc) is 2.98. The molecule has 0 amide bonds. The maximum Gasteiger partial charge on any atom is 0.222 e. The number of piperidine rings is 1. The number of nitrogen functional groups attached to an aromatic ring is 2. The Morgan fingerprint density at radius 3 is 2.60 bits per heavy atom. The van der Waals surface area contributed by atoms with Crippen LogP contribution in [0, 0.1) is 5.82 Å². The van der Waals surface area contributed by atoms with Crippen molar-refractivity contribution in [3.63, 3.8) is 0 Å². The SMILES string of the molecule is CCCCN(CCO)c1nc(N)nc(C=NCc2c(F)cc(C3CCN(C4CCOCC4)CC3)cc2OC)c1N. The van der Waals surface area contributed by atoms with Gasteiger partial charge >= 0.3 is 0 Å². The maximum absolute atomic E-state index is 15.4. The average molecular weight is 558 g/mol. The van der Waals surface area contributed by atoms with E-state index in [0.717, 1.165) is 70.4 Å². The van der Waals surface area contributed by atoms with E-state index < -0.39 is 0 Å². The molecule has 2 saturated heterocycles. The molecule has 11 heteroatoms. The van der Waals surface area contributed by atoms with Gasteiger partial charge in [0.15, 0.2) is 5.82 Å². The molecule has 0 aliphatic carbocycles. The van der Waals surface area contributed by atoms with Gasteiger partial charge in [-0.25, -0.2) is 9.37 Å². The Labute approximate surface area is 236 Å². The molecule has 220 valence electrons. The number of hydrogen-bond donors (Lipinski definition) is 3. The first-order valence-electron chi connectivity index (χ1n) is 14.4. The lowest BCUT2D eigenvalue weighted by atomic mass is 9.87. The fourth-order valence-corrected chi connectivity index (χ4v) is 5.70. The van der Waals surface area contributed by atoms with Crippen molar-refractivity contribution in [1.82, 2.24) is 14.9 Å². The molecule has 1 aromatic heterocycles. The van der Waals surface area contributed by atoms with Gasteiger partial charge in [0.25, 0.3) is 0 Å². The van der Waals surface area contributed by atoms with Crippen LogP contribution in [0.3, 0.4) is 0 Å². The molecule has 2 aromatic rings. The van der Waals surface area contributed by atoms with Crippen molar-refractivity contribution >= 4 is 23.7 Å². The summed E-state index contributed by atoms with van der Waals surface area (Å²) in [6, 6.07) is 4.20. The third-order valence-electron chi connectivity index (χ3n) is 7.99. The Bertz CT molecular complexity index is 1140. The molecule has 0 radical (unpaired) electrons. The number of nitrogens with two attached hydrogens (primary N) is 2. The van der Waals surface area contributed by atoms with E-state index in [4.69, 9.17) is 20.9 Å². The van der Waals surface area contributed by atoms with Gasteiger partial charge in [-0.2, -0.15) is 4.98 Å². The minimum absolute atomic E-state index is 0.0411. The molecular formula is C29H44FN7O3. The summed E-state index contributed by atoms with van der Waals surface area (Å²) in [4.78, 5) is 17.4. The summed E-state index contributed by atoms with van der Waals surface area (Å²) in [6.07, 6.45) is 7.58. The van der Waals surface area contributed by atoms with Crippen molar-refractivity contribution in [3.8, 4) is 5.75 Å². The van der Waals surface area contributed by atoms with Gasteiger partial charge in [0.1, 0.15) is 22.9 Å². The van der Waals surface area contributed by atoms with E-state index in [-0.39, 0.29) is 24.9 Å². The first-order valence-corrected chi connectivity index (χ1v) is 14.4. The Kier molecular flexibility index (Phi) is 10.9.